The Balaban J connectivity index is 1.69. The van der Waals surface area contributed by atoms with Crippen molar-refractivity contribution < 1.29 is 14.6 Å². The molecule has 1 aliphatic heterocycles. The zero-order chi connectivity index (χ0) is 11.2. The first-order valence-corrected chi connectivity index (χ1v) is 5.82. The van der Waals surface area contributed by atoms with Crippen LogP contribution in [-0.2, 0) is 4.74 Å². The number of para-hydroxylation sites is 1. The molecule has 1 aromatic carbocycles. The molecule has 1 fully saturated rings. The van der Waals surface area contributed by atoms with Gasteiger partial charge in [0.1, 0.15) is 12.4 Å². The van der Waals surface area contributed by atoms with E-state index >= 15 is 0 Å². The predicted molar refractivity (Wildman–Crippen MR) is 61.5 cm³/mol. The van der Waals surface area contributed by atoms with Crippen molar-refractivity contribution in [2.75, 3.05) is 13.2 Å². The Bertz CT molecular complexity index is 293. The van der Waals surface area contributed by atoms with Gasteiger partial charge in [-0.25, -0.2) is 0 Å². The fraction of sp³-hybridized carbons (Fsp3) is 0.538. The van der Waals surface area contributed by atoms with E-state index in [-0.39, 0.29) is 6.10 Å². The van der Waals surface area contributed by atoms with Gasteiger partial charge in [0.15, 0.2) is 0 Å². The molecule has 2 unspecified atom stereocenters. The number of hydrogen-bond donors (Lipinski definition) is 1. The van der Waals surface area contributed by atoms with Crippen molar-refractivity contribution >= 4 is 0 Å². The third-order valence-electron chi connectivity index (χ3n) is 2.74. The molecule has 2 atom stereocenters. The van der Waals surface area contributed by atoms with Crippen LogP contribution in [0.4, 0.5) is 0 Å². The summed E-state index contributed by atoms with van der Waals surface area (Å²) in [6.07, 6.45) is 2.62. The van der Waals surface area contributed by atoms with E-state index in [2.05, 4.69) is 0 Å². The second-order valence-electron chi connectivity index (χ2n) is 4.15. The first-order valence-electron chi connectivity index (χ1n) is 5.82. The van der Waals surface area contributed by atoms with Crippen molar-refractivity contribution in [1.29, 1.82) is 0 Å². The Hall–Kier alpha value is -1.06. The molecule has 0 spiro atoms. The molecule has 16 heavy (non-hydrogen) atoms. The van der Waals surface area contributed by atoms with E-state index in [1.165, 1.54) is 0 Å². The maximum atomic E-state index is 9.77. The molecule has 1 aliphatic rings. The Labute approximate surface area is 96.0 Å². The molecule has 0 aliphatic carbocycles. The molecule has 1 N–H and O–H groups in total. The highest BCUT2D eigenvalue weighted by molar-refractivity contribution is 5.20. The van der Waals surface area contributed by atoms with Crippen LogP contribution >= 0.6 is 0 Å². The lowest BCUT2D eigenvalue weighted by Crippen LogP contribution is -2.23. The van der Waals surface area contributed by atoms with E-state index in [1.54, 1.807) is 0 Å². The Morgan fingerprint density at radius 2 is 2.19 bits per heavy atom. The van der Waals surface area contributed by atoms with Gasteiger partial charge in [0.05, 0.1) is 12.2 Å². The summed E-state index contributed by atoms with van der Waals surface area (Å²) < 4.78 is 10.9. The minimum Gasteiger partial charge on any atom is -0.491 e. The molecular weight excluding hydrogens is 204 g/mol. The fourth-order valence-electron chi connectivity index (χ4n) is 1.91. The van der Waals surface area contributed by atoms with E-state index in [0.717, 1.165) is 25.2 Å². The highest BCUT2D eigenvalue weighted by Gasteiger charge is 2.19. The Morgan fingerprint density at radius 3 is 2.88 bits per heavy atom. The first kappa shape index (κ1) is 11.4. The van der Waals surface area contributed by atoms with Gasteiger partial charge in [-0.15, -0.1) is 0 Å². The largest absolute Gasteiger partial charge is 0.491 e. The number of benzene rings is 1. The van der Waals surface area contributed by atoms with Crippen LogP contribution in [0.1, 0.15) is 19.3 Å². The fourth-order valence-corrected chi connectivity index (χ4v) is 1.91. The first-order chi connectivity index (χ1) is 7.84. The number of aliphatic hydroxyl groups is 1. The molecule has 1 aromatic rings. The van der Waals surface area contributed by atoms with Gasteiger partial charge in [-0.1, -0.05) is 18.2 Å². The molecule has 3 nitrogen and oxygen atoms in total. The second kappa shape index (κ2) is 5.87. The third-order valence-corrected chi connectivity index (χ3v) is 2.74. The van der Waals surface area contributed by atoms with Crippen LogP contribution in [0.3, 0.4) is 0 Å². The van der Waals surface area contributed by atoms with E-state index in [4.69, 9.17) is 9.47 Å². The minimum absolute atomic E-state index is 0.217. The van der Waals surface area contributed by atoms with E-state index in [0.29, 0.717) is 13.0 Å². The molecule has 0 radical (unpaired) electrons. The van der Waals surface area contributed by atoms with Gasteiger partial charge in [-0.05, 0) is 25.0 Å². The van der Waals surface area contributed by atoms with E-state index in [9.17, 15) is 5.11 Å². The van der Waals surface area contributed by atoms with Crippen LogP contribution in [0, 0.1) is 0 Å². The molecule has 0 bridgehead atoms. The van der Waals surface area contributed by atoms with Gasteiger partial charge in [0.2, 0.25) is 0 Å². The SMILES string of the molecule is OC(COc1ccccc1)CC1CCCO1. The lowest BCUT2D eigenvalue weighted by Gasteiger charge is -2.15. The lowest BCUT2D eigenvalue weighted by atomic mass is 10.1. The third kappa shape index (κ3) is 3.51. The van der Waals surface area contributed by atoms with Crippen LogP contribution in [0.25, 0.3) is 0 Å². The second-order valence-corrected chi connectivity index (χ2v) is 4.15. The summed E-state index contributed by atoms with van der Waals surface area (Å²) in [5.41, 5.74) is 0. The van der Waals surface area contributed by atoms with Gasteiger partial charge in [-0.2, -0.15) is 0 Å². The molecule has 1 heterocycles. The van der Waals surface area contributed by atoms with Crippen molar-refractivity contribution in [2.45, 2.75) is 31.5 Å². The van der Waals surface area contributed by atoms with Gasteiger partial charge in [0, 0.05) is 13.0 Å². The monoisotopic (exact) mass is 222 g/mol. The molecule has 3 heteroatoms. The summed E-state index contributed by atoms with van der Waals surface area (Å²) in [6, 6.07) is 9.55. The number of aliphatic hydroxyl groups excluding tert-OH is 1. The van der Waals surface area contributed by atoms with Crippen LogP contribution in [0.15, 0.2) is 30.3 Å². The number of rotatable bonds is 5. The molecule has 88 valence electrons. The number of hydrogen-bond acceptors (Lipinski definition) is 3. The van der Waals surface area contributed by atoms with E-state index in [1.807, 2.05) is 30.3 Å². The maximum absolute atomic E-state index is 9.77. The molecule has 1 saturated heterocycles. The highest BCUT2D eigenvalue weighted by atomic mass is 16.5. The Kier molecular flexibility index (Phi) is 4.19. The van der Waals surface area contributed by atoms with Gasteiger partial charge < -0.3 is 14.6 Å². The molecule has 0 saturated carbocycles. The van der Waals surface area contributed by atoms with Crippen LogP contribution in [0.2, 0.25) is 0 Å². The summed E-state index contributed by atoms with van der Waals surface area (Å²) in [7, 11) is 0. The quantitative estimate of drug-likeness (QED) is 0.828. The summed E-state index contributed by atoms with van der Waals surface area (Å²) in [5.74, 6) is 0.800. The Morgan fingerprint density at radius 1 is 1.38 bits per heavy atom. The van der Waals surface area contributed by atoms with Gasteiger partial charge in [0.25, 0.3) is 0 Å². The zero-order valence-electron chi connectivity index (χ0n) is 9.34. The van der Waals surface area contributed by atoms with Crippen molar-refractivity contribution in [1.82, 2.24) is 0 Å². The summed E-state index contributed by atoms with van der Waals surface area (Å²) in [5, 5.41) is 9.77. The smallest absolute Gasteiger partial charge is 0.119 e. The molecule has 2 rings (SSSR count). The average molecular weight is 222 g/mol. The van der Waals surface area contributed by atoms with Crippen LogP contribution < -0.4 is 4.74 Å². The minimum atomic E-state index is -0.441. The standard InChI is InChI=1S/C13H18O3/c14-11(9-13-7-4-8-15-13)10-16-12-5-2-1-3-6-12/h1-3,5-6,11,13-14H,4,7-10H2. The summed E-state index contributed by atoms with van der Waals surface area (Å²) in [4.78, 5) is 0. The van der Waals surface area contributed by atoms with E-state index < -0.39 is 6.10 Å². The van der Waals surface area contributed by atoms with Gasteiger partial charge in [-0.3, -0.25) is 0 Å². The molecule has 0 amide bonds. The average Bonchev–Trinajstić information content (AvgIpc) is 2.81. The zero-order valence-corrected chi connectivity index (χ0v) is 9.34. The van der Waals surface area contributed by atoms with Gasteiger partial charge >= 0.3 is 0 Å². The molecular formula is C13H18O3. The van der Waals surface area contributed by atoms with Crippen LogP contribution in [0.5, 0.6) is 5.75 Å². The van der Waals surface area contributed by atoms with Crippen molar-refractivity contribution in [3.8, 4) is 5.75 Å². The summed E-state index contributed by atoms with van der Waals surface area (Å²) in [6.45, 7) is 1.17. The van der Waals surface area contributed by atoms with Crippen LogP contribution in [-0.4, -0.2) is 30.5 Å². The normalized spacial score (nSPS) is 21.9. The topological polar surface area (TPSA) is 38.7 Å². The number of ether oxygens (including phenoxy) is 2. The maximum Gasteiger partial charge on any atom is 0.119 e. The summed E-state index contributed by atoms with van der Waals surface area (Å²) >= 11 is 0. The predicted octanol–water partition coefficient (Wildman–Crippen LogP) is 2.00. The van der Waals surface area contributed by atoms with Crippen molar-refractivity contribution in [3.05, 3.63) is 30.3 Å². The highest BCUT2D eigenvalue weighted by Crippen LogP contribution is 2.17. The van der Waals surface area contributed by atoms with Crippen molar-refractivity contribution in [2.24, 2.45) is 0 Å². The molecule has 0 aromatic heterocycles. The lowest BCUT2D eigenvalue weighted by molar-refractivity contribution is 0.0325. The van der Waals surface area contributed by atoms with Crippen molar-refractivity contribution in [3.63, 3.8) is 0 Å².